The van der Waals surface area contributed by atoms with Crippen LogP contribution in [0.15, 0.2) is 70.5 Å². The summed E-state index contributed by atoms with van der Waals surface area (Å²) < 4.78 is 12.1. The molecule has 0 fully saturated rings. The second kappa shape index (κ2) is 9.84. The number of nitrogens with zero attached hydrogens (tertiary/aromatic N) is 2. The Morgan fingerprint density at radius 2 is 1.86 bits per heavy atom. The maximum absolute atomic E-state index is 12.0. The number of ether oxygens (including phenoxy) is 2. The number of aryl methyl sites for hydroxylation is 1. The number of benzene rings is 2. The third-order valence-electron chi connectivity index (χ3n) is 4.11. The van der Waals surface area contributed by atoms with E-state index in [1.165, 1.54) is 11.8 Å². The average molecular weight is 454 g/mol. The minimum Gasteiger partial charge on any atom is -0.493 e. The van der Waals surface area contributed by atoms with Gasteiger partial charge in [0.1, 0.15) is 6.61 Å². The summed E-state index contributed by atoms with van der Waals surface area (Å²) >= 11 is 3.51. The van der Waals surface area contributed by atoms with E-state index in [9.17, 15) is 4.79 Å². The number of amides is 1. The van der Waals surface area contributed by atoms with Crippen molar-refractivity contribution in [2.24, 2.45) is 5.10 Å². The number of hydrogen-bond donors (Lipinski definition) is 1. The van der Waals surface area contributed by atoms with Crippen LogP contribution in [-0.2, 0) is 6.61 Å². The summed E-state index contributed by atoms with van der Waals surface area (Å²) in [4.78, 5) is 15.9. The predicted molar refractivity (Wildman–Crippen MR) is 116 cm³/mol. The molecular weight excluding hydrogens is 434 g/mol. The van der Waals surface area contributed by atoms with Gasteiger partial charge in [-0.2, -0.15) is 5.10 Å². The first-order valence-electron chi connectivity index (χ1n) is 8.86. The lowest BCUT2D eigenvalue weighted by molar-refractivity contribution is 0.0955. The monoisotopic (exact) mass is 453 g/mol. The molecule has 7 heteroatoms. The summed E-state index contributed by atoms with van der Waals surface area (Å²) in [6.45, 7) is 2.48. The highest BCUT2D eigenvalue weighted by molar-refractivity contribution is 9.10. The van der Waals surface area contributed by atoms with E-state index in [1.807, 2.05) is 37.3 Å². The molecule has 1 amide bonds. The number of rotatable bonds is 7. The van der Waals surface area contributed by atoms with Gasteiger partial charge in [-0.3, -0.25) is 9.78 Å². The maximum Gasteiger partial charge on any atom is 0.271 e. The quantitative estimate of drug-likeness (QED) is 0.422. The molecule has 148 valence electrons. The van der Waals surface area contributed by atoms with Gasteiger partial charge in [0.25, 0.3) is 5.91 Å². The highest BCUT2D eigenvalue weighted by Crippen LogP contribution is 2.33. The average Bonchev–Trinajstić information content (AvgIpc) is 2.75. The van der Waals surface area contributed by atoms with Crippen molar-refractivity contribution in [1.82, 2.24) is 10.4 Å². The van der Waals surface area contributed by atoms with Crippen LogP contribution < -0.4 is 14.9 Å². The zero-order valence-electron chi connectivity index (χ0n) is 16.1. The molecule has 0 aliphatic heterocycles. The van der Waals surface area contributed by atoms with Gasteiger partial charge in [0, 0.05) is 28.0 Å². The standard InChI is InChI=1S/C22H20BrN3O3/c1-15-3-5-16(6-4-15)14-29-21-12-19(23)18(11-20(21)28-2)13-25-26-22(27)17-7-9-24-10-8-17/h3-13H,14H2,1-2H3,(H,26,27). The summed E-state index contributed by atoms with van der Waals surface area (Å²) in [7, 11) is 1.58. The third kappa shape index (κ3) is 5.65. The molecule has 29 heavy (non-hydrogen) atoms. The van der Waals surface area contributed by atoms with E-state index in [2.05, 4.69) is 31.4 Å². The van der Waals surface area contributed by atoms with Crippen LogP contribution in [0.2, 0.25) is 0 Å². The Balaban J connectivity index is 1.68. The van der Waals surface area contributed by atoms with E-state index in [-0.39, 0.29) is 5.91 Å². The van der Waals surface area contributed by atoms with Crippen molar-refractivity contribution in [1.29, 1.82) is 0 Å². The van der Waals surface area contributed by atoms with E-state index >= 15 is 0 Å². The predicted octanol–water partition coefficient (Wildman–Crippen LogP) is 4.50. The molecule has 0 bridgehead atoms. The SMILES string of the molecule is COc1cc(C=NNC(=O)c2ccncc2)c(Br)cc1OCc1ccc(C)cc1. The summed E-state index contributed by atoms with van der Waals surface area (Å²) in [5.74, 6) is 0.866. The molecule has 0 aliphatic rings. The molecule has 0 spiro atoms. The van der Waals surface area contributed by atoms with Crippen LogP contribution in [0.5, 0.6) is 11.5 Å². The molecule has 1 N–H and O–H groups in total. The molecule has 0 saturated heterocycles. The van der Waals surface area contributed by atoms with E-state index < -0.39 is 0 Å². The number of aromatic nitrogens is 1. The minimum atomic E-state index is -0.315. The molecule has 0 unspecified atom stereocenters. The molecule has 0 radical (unpaired) electrons. The van der Waals surface area contributed by atoms with Crippen LogP contribution in [0, 0.1) is 6.92 Å². The fraction of sp³-hybridized carbons (Fsp3) is 0.136. The highest BCUT2D eigenvalue weighted by atomic mass is 79.9. The van der Waals surface area contributed by atoms with Gasteiger partial charge in [0.2, 0.25) is 0 Å². The van der Waals surface area contributed by atoms with Gasteiger partial charge in [-0.25, -0.2) is 5.43 Å². The number of halogens is 1. The number of nitrogens with one attached hydrogen (secondary N) is 1. The van der Waals surface area contributed by atoms with Crippen LogP contribution >= 0.6 is 15.9 Å². The van der Waals surface area contributed by atoms with Crippen LogP contribution in [0.3, 0.4) is 0 Å². The van der Waals surface area contributed by atoms with Gasteiger partial charge >= 0.3 is 0 Å². The second-order valence-corrected chi connectivity index (χ2v) is 7.09. The molecule has 3 aromatic rings. The van der Waals surface area contributed by atoms with E-state index in [0.29, 0.717) is 23.7 Å². The van der Waals surface area contributed by atoms with Crippen molar-refractivity contribution in [2.75, 3.05) is 7.11 Å². The zero-order chi connectivity index (χ0) is 20.6. The van der Waals surface area contributed by atoms with E-state index in [4.69, 9.17) is 9.47 Å². The molecule has 2 aromatic carbocycles. The molecule has 1 aromatic heterocycles. The molecule has 6 nitrogen and oxygen atoms in total. The number of pyridine rings is 1. The van der Waals surface area contributed by atoms with Gasteiger partial charge in [-0.15, -0.1) is 0 Å². The van der Waals surface area contributed by atoms with Crippen molar-refractivity contribution in [3.63, 3.8) is 0 Å². The van der Waals surface area contributed by atoms with Crippen molar-refractivity contribution in [3.05, 3.63) is 87.7 Å². The van der Waals surface area contributed by atoms with Crippen LogP contribution in [0.4, 0.5) is 0 Å². The van der Waals surface area contributed by atoms with Gasteiger partial charge in [-0.05, 0) is 52.7 Å². The largest absolute Gasteiger partial charge is 0.493 e. The Kier molecular flexibility index (Phi) is 6.97. The summed E-state index contributed by atoms with van der Waals surface area (Å²) in [6.07, 6.45) is 4.64. The Morgan fingerprint density at radius 3 is 2.55 bits per heavy atom. The van der Waals surface area contributed by atoms with Crippen molar-refractivity contribution in [3.8, 4) is 11.5 Å². The summed E-state index contributed by atoms with van der Waals surface area (Å²) in [5, 5.41) is 4.01. The maximum atomic E-state index is 12.0. The Labute approximate surface area is 177 Å². The van der Waals surface area contributed by atoms with Crippen molar-refractivity contribution in [2.45, 2.75) is 13.5 Å². The second-order valence-electron chi connectivity index (χ2n) is 6.23. The highest BCUT2D eigenvalue weighted by Gasteiger charge is 2.10. The summed E-state index contributed by atoms with van der Waals surface area (Å²) in [5.41, 5.74) is 5.97. The van der Waals surface area contributed by atoms with E-state index in [0.717, 1.165) is 15.6 Å². The number of carbonyl (C=O) groups excluding carboxylic acids is 1. The minimum absolute atomic E-state index is 0.315. The normalized spacial score (nSPS) is 10.7. The first-order valence-corrected chi connectivity index (χ1v) is 9.65. The number of methoxy groups -OCH3 is 1. The molecule has 0 aliphatic carbocycles. The van der Waals surface area contributed by atoms with Gasteiger partial charge in [-0.1, -0.05) is 29.8 Å². The number of hydrogen-bond acceptors (Lipinski definition) is 5. The van der Waals surface area contributed by atoms with Gasteiger partial charge < -0.3 is 9.47 Å². The van der Waals surface area contributed by atoms with Crippen LogP contribution in [0.1, 0.15) is 27.0 Å². The van der Waals surface area contributed by atoms with Crippen LogP contribution in [0.25, 0.3) is 0 Å². The third-order valence-corrected chi connectivity index (χ3v) is 4.80. The molecule has 1 heterocycles. The molecule has 0 atom stereocenters. The topological polar surface area (TPSA) is 72.8 Å². The number of carbonyl (C=O) groups is 1. The molecular formula is C22H20BrN3O3. The first-order chi connectivity index (χ1) is 14.1. The Hall–Kier alpha value is -3.19. The fourth-order valence-corrected chi connectivity index (χ4v) is 2.92. The molecule has 3 rings (SSSR count). The first kappa shape index (κ1) is 20.5. The fourth-order valence-electron chi connectivity index (χ4n) is 2.50. The lowest BCUT2D eigenvalue weighted by Gasteiger charge is -2.13. The zero-order valence-corrected chi connectivity index (χ0v) is 17.6. The van der Waals surface area contributed by atoms with Crippen molar-refractivity contribution >= 4 is 28.1 Å². The van der Waals surface area contributed by atoms with Gasteiger partial charge in [0.15, 0.2) is 11.5 Å². The van der Waals surface area contributed by atoms with Gasteiger partial charge in [0.05, 0.1) is 13.3 Å². The summed E-state index contributed by atoms with van der Waals surface area (Å²) in [6, 6.07) is 15.0. The lowest BCUT2D eigenvalue weighted by atomic mass is 10.2. The number of hydrazone groups is 1. The smallest absolute Gasteiger partial charge is 0.271 e. The van der Waals surface area contributed by atoms with Crippen molar-refractivity contribution < 1.29 is 14.3 Å². The Bertz CT molecular complexity index is 1010. The Morgan fingerprint density at radius 1 is 1.14 bits per heavy atom. The molecule has 0 saturated carbocycles. The van der Waals surface area contributed by atoms with Crippen LogP contribution in [-0.4, -0.2) is 24.2 Å². The van der Waals surface area contributed by atoms with E-state index in [1.54, 1.807) is 37.7 Å². The lowest BCUT2D eigenvalue weighted by Crippen LogP contribution is -2.17.